The average molecular weight is 384 g/mol. The van der Waals surface area contributed by atoms with Crippen LogP contribution in [0.4, 0.5) is 21.9 Å². The van der Waals surface area contributed by atoms with Crippen molar-refractivity contribution in [1.82, 2.24) is 5.32 Å². The maximum Gasteiger partial charge on any atom is 0.319 e. The number of nitrogens with one attached hydrogen (secondary N) is 4. The van der Waals surface area contributed by atoms with E-state index < -0.39 is 0 Å². The highest BCUT2D eigenvalue weighted by atomic mass is 16.5. The molecule has 28 heavy (non-hydrogen) atoms. The van der Waals surface area contributed by atoms with Gasteiger partial charge >= 0.3 is 6.03 Å². The van der Waals surface area contributed by atoms with E-state index in [-0.39, 0.29) is 23.9 Å². The fourth-order valence-corrected chi connectivity index (χ4v) is 2.42. The molecule has 4 N–H and O–H groups in total. The van der Waals surface area contributed by atoms with Gasteiger partial charge in [-0.25, -0.2) is 4.79 Å². The zero-order valence-corrected chi connectivity index (χ0v) is 16.3. The van der Waals surface area contributed by atoms with Crippen molar-refractivity contribution in [2.75, 3.05) is 23.1 Å². The number of amides is 4. The van der Waals surface area contributed by atoms with Crippen LogP contribution in [0.5, 0.6) is 5.75 Å². The molecule has 4 amide bonds. The number of ether oxygens (including phenoxy) is 1. The fourth-order valence-electron chi connectivity index (χ4n) is 2.42. The second-order valence-electron chi connectivity index (χ2n) is 6.38. The lowest BCUT2D eigenvalue weighted by atomic mass is 10.1. The van der Waals surface area contributed by atoms with Crippen molar-refractivity contribution < 1.29 is 19.1 Å². The molecule has 0 spiro atoms. The Balaban J connectivity index is 2.10. The molecule has 0 atom stereocenters. The molecule has 0 saturated heterocycles. The van der Waals surface area contributed by atoms with Crippen molar-refractivity contribution in [3.63, 3.8) is 0 Å². The number of hydrogen-bond donors (Lipinski definition) is 4. The van der Waals surface area contributed by atoms with Gasteiger partial charge in [-0.1, -0.05) is 0 Å². The highest BCUT2D eigenvalue weighted by Crippen LogP contribution is 2.28. The van der Waals surface area contributed by atoms with E-state index in [1.54, 1.807) is 42.5 Å². The van der Waals surface area contributed by atoms with Gasteiger partial charge in [0.05, 0.1) is 12.8 Å². The second kappa shape index (κ2) is 9.40. The van der Waals surface area contributed by atoms with Crippen molar-refractivity contribution in [1.29, 1.82) is 0 Å². The van der Waals surface area contributed by atoms with Crippen molar-refractivity contribution >= 4 is 34.9 Å². The van der Waals surface area contributed by atoms with Crippen LogP contribution < -0.4 is 26.0 Å². The molecule has 0 saturated carbocycles. The van der Waals surface area contributed by atoms with E-state index in [0.717, 1.165) is 0 Å². The molecule has 0 fully saturated rings. The lowest BCUT2D eigenvalue weighted by Gasteiger charge is -2.13. The summed E-state index contributed by atoms with van der Waals surface area (Å²) in [7, 11) is 1.49. The van der Waals surface area contributed by atoms with E-state index >= 15 is 0 Å². The number of urea groups is 1. The Morgan fingerprint density at radius 2 is 1.54 bits per heavy atom. The zero-order chi connectivity index (χ0) is 20.7. The maximum absolute atomic E-state index is 12.5. The standard InChI is InChI=1S/C20H24N4O4/c1-12(2)21-20(27)23-15-7-5-14(6-8-15)19(26)24-17-11-16(22-13(3)25)9-10-18(17)28-4/h5-12H,1-4H3,(H,22,25)(H,24,26)(H2,21,23,27). The molecule has 2 aromatic rings. The molecule has 8 nitrogen and oxygen atoms in total. The van der Waals surface area contributed by atoms with E-state index in [0.29, 0.717) is 28.4 Å². The van der Waals surface area contributed by atoms with Crippen molar-refractivity contribution in [2.45, 2.75) is 26.8 Å². The van der Waals surface area contributed by atoms with Gasteiger partial charge in [-0.15, -0.1) is 0 Å². The first-order valence-electron chi connectivity index (χ1n) is 8.73. The highest BCUT2D eigenvalue weighted by molar-refractivity contribution is 6.06. The molecule has 0 radical (unpaired) electrons. The van der Waals surface area contributed by atoms with Gasteiger partial charge in [-0.3, -0.25) is 9.59 Å². The van der Waals surface area contributed by atoms with Gasteiger partial charge < -0.3 is 26.0 Å². The summed E-state index contributed by atoms with van der Waals surface area (Å²) in [6, 6.07) is 11.1. The summed E-state index contributed by atoms with van der Waals surface area (Å²) in [5.74, 6) is -0.102. The first kappa shape index (κ1) is 20.8. The average Bonchev–Trinajstić information content (AvgIpc) is 2.61. The first-order chi connectivity index (χ1) is 13.3. The number of hydrogen-bond acceptors (Lipinski definition) is 4. The Morgan fingerprint density at radius 3 is 2.11 bits per heavy atom. The van der Waals surface area contributed by atoms with Crippen LogP contribution in [0, 0.1) is 0 Å². The monoisotopic (exact) mass is 384 g/mol. The molecular formula is C20H24N4O4. The summed E-state index contributed by atoms with van der Waals surface area (Å²) in [5, 5.41) is 10.8. The minimum absolute atomic E-state index is 0.0216. The number of benzene rings is 2. The van der Waals surface area contributed by atoms with Crippen molar-refractivity contribution in [2.24, 2.45) is 0 Å². The third kappa shape index (κ3) is 6.01. The minimum Gasteiger partial charge on any atom is -0.495 e. The van der Waals surface area contributed by atoms with Crippen LogP contribution in [-0.4, -0.2) is 31.0 Å². The predicted molar refractivity (Wildman–Crippen MR) is 109 cm³/mol. The Kier molecular flexibility index (Phi) is 6.97. The molecule has 148 valence electrons. The summed E-state index contributed by atoms with van der Waals surface area (Å²) in [4.78, 5) is 35.5. The van der Waals surface area contributed by atoms with Crippen LogP contribution in [0.2, 0.25) is 0 Å². The lowest BCUT2D eigenvalue weighted by molar-refractivity contribution is -0.114. The van der Waals surface area contributed by atoms with Crippen LogP contribution in [-0.2, 0) is 4.79 Å². The quantitative estimate of drug-likeness (QED) is 0.612. The molecule has 2 rings (SSSR count). The van der Waals surface area contributed by atoms with E-state index in [1.165, 1.54) is 14.0 Å². The molecule has 0 bridgehead atoms. The molecular weight excluding hydrogens is 360 g/mol. The second-order valence-corrected chi connectivity index (χ2v) is 6.38. The van der Waals surface area contributed by atoms with Crippen LogP contribution in [0.3, 0.4) is 0 Å². The third-order valence-electron chi connectivity index (χ3n) is 3.59. The van der Waals surface area contributed by atoms with Crippen LogP contribution >= 0.6 is 0 Å². The number of rotatable bonds is 6. The van der Waals surface area contributed by atoms with Crippen molar-refractivity contribution in [3.8, 4) is 5.75 Å². The molecule has 8 heteroatoms. The van der Waals surface area contributed by atoms with Gasteiger partial charge in [0, 0.05) is 29.9 Å². The van der Waals surface area contributed by atoms with E-state index in [4.69, 9.17) is 4.74 Å². The fraction of sp³-hybridized carbons (Fsp3) is 0.250. The number of methoxy groups -OCH3 is 1. The first-order valence-corrected chi connectivity index (χ1v) is 8.73. The number of carbonyl (C=O) groups is 3. The summed E-state index contributed by atoms with van der Waals surface area (Å²) in [6.07, 6.45) is 0. The molecule has 0 unspecified atom stereocenters. The summed E-state index contributed by atoms with van der Waals surface area (Å²) in [6.45, 7) is 5.13. The smallest absolute Gasteiger partial charge is 0.319 e. The lowest BCUT2D eigenvalue weighted by Crippen LogP contribution is -2.34. The minimum atomic E-state index is -0.351. The molecule has 0 aliphatic heterocycles. The molecule has 0 heterocycles. The Bertz CT molecular complexity index is 863. The number of anilines is 3. The van der Waals surface area contributed by atoms with Crippen LogP contribution in [0.15, 0.2) is 42.5 Å². The summed E-state index contributed by atoms with van der Waals surface area (Å²) < 4.78 is 5.25. The van der Waals surface area contributed by atoms with Gasteiger partial charge in [0.25, 0.3) is 5.91 Å². The highest BCUT2D eigenvalue weighted by Gasteiger charge is 2.12. The predicted octanol–water partition coefficient (Wildman–Crippen LogP) is 3.44. The van der Waals surface area contributed by atoms with E-state index in [9.17, 15) is 14.4 Å². The van der Waals surface area contributed by atoms with Crippen molar-refractivity contribution in [3.05, 3.63) is 48.0 Å². The van der Waals surface area contributed by atoms with E-state index in [1.807, 2.05) is 13.8 Å². The topological polar surface area (TPSA) is 109 Å². The summed E-state index contributed by atoms with van der Waals surface area (Å²) >= 11 is 0. The Hall–Kier alpha value is -3.55. The maximum atomic E-state index is 12.5. The van der Waals surface area contributed by atoms with Gasteiger partial charge in [0.15, 0.2) is 0 Å². The van der Waals surface area contributed by atoms with Gasteiger partial charge in [-0.2, -0.15) is 0 Å². The van der Waals surface area contributed by atoms with Gasteiger partial charge in [0.2, 0.25) is 5.91 Å². The molecule has 0 aliphatic rings. The van der Waals surface area contributed by atoms with Crippen LogP contribution in [0.25, 0.3) is 0 Å². The molecule has 0 aromatic heterocycles. The molecule has 2 aromatic carbocycles. The Morgan fingerprint density at radius 1 is 0.893 bits per heavy atom. The third-order valence-corrected chi connectivity index (χ3v) is 3.59. The SMILES string of the molecule is COc1ccc(NC(C)=O)cc1NC(=O)c1ccc(NC(=O)NC(C)C)cc1. The van der Waals surface area contributed by atoms with Gasteiger partial charge in [0.1, 0.15) is 5.75 Å². The van der Waals surface area contributed by atoms with Gasteiger partial charge in [-0.05, 0) is 56.3 Å². The van der Waals surface area contributed by atoms with Crippen LogP contribution in [0.1, 0.15) is 31.1 Å². The number of carbonyl (C=O) groups excluding carboxylic acids is 3. The molecule has 0 aliphatic carbocycles. The zero-order valence-electron chi connectivity index (χ0n) is 16.3. The summed E-state index contributed by atoms with van der Waals surface area (Å²) in [5.41, 5.74) is 1.94. The normalized spacial score (nSPS) is 10.2. The largest absolute Gasteiger partial charge is 0.495 e. The van der Waals surface area contributed by atoms with E-state index in [2.05, 4.69) is 21.3 Å². The Labute approximate surface area is 163 Å².